The molecule has 0 aromatic heterocycles. The zero-order valence-electron chi connectivity index (χ0n) is 14.7. The highest BCUT2D eigenvalue weighted by Gasteiger charge is 2.09. The molecule has 0 aliphatic carbocycles. The summed E-state index contributed by atoms with van der Waals surface area (Å²) in [6, 6.07) is 9.19. The Morgan fingerprint density at radius 2 is 1.12 bits per heavy atom. The molecule has 2 aromatic carbocycles. The van der Waals surface area contributed by atoms with E-state index < -0.39 is 11.2 Å². The predicted molar refractivity (Wildman–Crippen MR) is 96.2 cm³/mol. The summed E-state index contributed by atoms with van der Waals surface area (Å²) in [6.45, 7) is 0. The molecule has 0 aliphatic heterocycles. The molecule has 0 bridgehead atoms. The molecule has 0 atom stereocenters. The van der Waals surface area contributed by atoms with E-state index in [0.717, 1.165) is 0 Å². The molecule has 2 rings (SSSR count). The Balaban J connectivity index is 0.000000260. The number of rotatable bonds is 6. The van der Waals surface area contributed by atoms with Gasteiger partial charge in [-0.1, -0.05) is 0 Å². The van der Waals surface area contributed by atoms with Crippen molar-refractivity contribution < 1.29 is 33.6 Å². The molecule has 0 amide bonds. The molecule has 0 unspecified atom stereocenters. The molecule has 7 nitrogen and oxygen atoms in total. The lowest BCUT2D eigenvalue weighted by Crippen LogP contribution is -1.98. The van der Waals surface area contributed by atoms with Gasteiger partial charge in [0.2, 0.25) is 0 Å². The largest absolute Gasteiger partial charge is 0.493 e. The maximum Gasteiger partial charge on any atom is 0.335 e. The van der Waals surface area contributed by atoms with Crippen LogP contribution in [0.4, 0.5) is 0 Å². The van der Waals surface area contributed by atoms with Crippen molar-refractivity contribution in [2.45, 2.75) is 0 Å². The standard InChI is InChI=1S/C9H9ClO3.C9H10O4/c2*1-12-7-4-3-6(9(10)11)5-8(7)13-2/h3-5H,1-2H3;3-5H,1-2H3,(H,10,11). The maximum absolute atomic E-state index is 10.8. The van der Waals surface area contributed by atoms with Gasteiger partial charge in [-0.3, -0.25) is 4.79 Å². The van der Waals surface area contributed by atoms with E-state index in [1.54, 1.807) is 18.2 Å². The summed E-state index contributed by atoms with van der Waals surface area (Å²) in [5.74, 6) is 1.02. The summed E-state index contributed by atoms with van der Waals surface area (Å²) in [7, 11) is 5.99. The molecule has 26 heavy (non-hydrogen) atoms. The molecule has 8 heteroatoms. The molecule has 0 heterocycles. The highest BCUT2D eigenvalue weighted by Crippen LogP contribution is 2.28. The summed E-state index contributed by atoms with van der Waals surface area (Å²) in [5, 5.41) is 8.16. The highest BCUT2D eigenvalue weighted by molar-refractivity contribution is 6.67. The molecule has 0 saturated heterocycles. The zero-order valence-corrected chi connectivity index (χ0v) is 15.5. The van der Waals surface area contributed by atoms with Crippen LogP contribution in [0.1, 0.15) is 20.7 Å². The van der Waals surface area contributed by atoms with Gasteiger partial charge in [-0.15, -0.1) is 0 Å². The normalized spacial score (nSPS) is 9.42. The van der Waals surface area contributed by atoms with Crippen LogP contribution >= 0.6 is 11.6 Å². The average Bonchev–Trinajstić information content (AvgIpc) is 2.66. The van der Waals surface area contributed by atoms with Crippen molar-refractivity contribution in [2.75, 3.05) is 28.4 Å². The monoisotopic (exact) mass is 382 g/mol. The summed E-state index contributed by atoms with van der Waals surface area (Å²) < 4.78 is 19.9. The van der Waals surface area contributed by atoms with Gasteiger partial charge >= 0.3 is 5.97 Å². The summed E-state index contributed by atoms with van der Waals surface area (Å²) >= 11 is 5.29. The molecule has 0 radical (unpaired) electrons. The van der Waals surface area contributed by atoms with Crippen molar-refractivity contribution in [3.63, 3.8) is 0 Å². The van der Waals surface area contributed by atoms with Crippen molar-refractivity contribution in [1.29, 1.82) is 0 Å². The first-order chi connectivity index (χ1) is 12.4. The lowest BCUT2D eigenvalue weighted by atomic mass is 10.2. The number of halogens is 1. The van der Waals surface area contributed by atoms with Gasteiger partial charge in [-0.2, -0.15) is 0 Å². The number of carbonyl (C=O) groups is 2. The van der Waals surface area contributed by atoms with E-state index in [-0.39, 0.29) is 5.56 Å². The first kappa shape index (κ1) is 21.1. The summed E-state index contributed by atoms with van der Waals surface area (Å²) in [6.07, 6.45) is 0. The van der Waals surface area contributed by atoms with Crippen molar-refractivity contribution in [3.05, 3.63) is 47.5 Å². The van der Waals surface area contributed by atoms with Gasteiger partial charge in [0.1, 0.15) is 0 Å². The Bertz CT molecular complexity index is 709. The SMILES string of the molecule is COc1ccc(C(=O)Cl)cc1OC.COc1ccc(C(=O)O)cc1OC. The average molecular weight is 383 g/mol. The van der Waals surface area contributed by atoms with Gasteiger partial charge in [-0.05, 0) is 48.0 Å². The fourth-order valence-electron chi connectivity index (χ4n) is 1.93. The first-order valence-corrected chi connectivity index (χ1v) is 7.62. The van der Waals surface area contributed by atoms with Crippen LogP contribution in [0.15, 0.2) is 36.4 Å². The van der Waals surface area contributed by atoms with E-state index >= 15 is 0 Å². The predicted octanol–water partition coefficient (Wildman–Crippen LogP) is 3.48. The molecule has 0 spiro atoms. The van der Waals surface area contributed by atoms with Crippen LogP contribution in [0.3, 0.4) is 0 Å². The van der Waals surface area contributed by atoms with E-state index in [1.165, 1.54) is 46.6 Å². The second-order valence-corrected chi connectivity index (χ2v) is 5.06. The van der Waals surface area contributed by atoms with E-state index in [0.29, 0.717) is 28.6 Å². The van der Waals surface area contributed by atoms with Gasteiger partial charge < -0.3 is 24.1 Å². The van der Waals surface area contributed by atoms with Gasteiger partial charge in [0.05, 0.1) is 34.0 Å². The van der Waals surface area contributed by atoms with Crippen molar-refractivity contribution in [2.24, 2.45) is 0 Å². The Morgan fingerprint density at radius 3 is 1.46 bits per heavy atom. The van der Waals surface area contributed by atoms with Gasteiger partial charge in [0.15, 0.2) is 23.0 Å². The third kappa shape index (κ3) is 5.56. The molecule has 0 fully saturated rings. The van der Waals surface area contributed by atoms with Crippen molar-refractivity contribution in [3.8, 4) is 23.0 Å². The number of carbonyl (C=O) groups excluding carboxylic acids is 1. The van der Waals surface area contributed by atoms with Crippen LogP contribution in [0.5, 0.6) is 23.0 Å². The fourth-order valence-corrected chi connectivity index (χ4v) is 2.05. The van der Waals surface area contributed by atoms with Crippen molar-refractivity contribution >= 4 is 22.8 Å². The number of benzene rings is 2. The van der Waals surface area contributed by atoms with Crippen LogP contribution < -0.4 is 18.9 Å². The minimum atomic E-state index is -0.985. The highest BCUT2D eigenvalue weighted by atomic mass is 35.5. The Morgan fingerprint density at radius 1 is 0.731 bits per heavy atom. The van der Waals surface area contributed by atoms with Crippen LogP contribution in [-0.2, 0) is 0 Å². The van der Waals surface area contributed by atoms with Crippen molar-refractivity contribution in [1.82, 2.24) is 0 Å². The fraction of sp³-hybridized carbons (Fsp3) is 0.222. The maximum atomic E-state index is 10.8. The van der Waals surface area contributed by atoms with E-state index in [2.05, 4.69) is 0 Å². The van der Waals surface area contributed by atoms with Crippen LogP contribution in [0.25, 0.3) is 0 Å². The molecule has 0 saturated carbocycles. The third-order valence-electron chi connectivity index (χ3n) is 3.24. The quantitative estimate of drug-likeness (QED) is 0.764. The summed E-state index contributed by atoms with van der Waals surface area (Å²) in [5.41, 5.74) is 0.567. The van der Waals surface area contributed by atoms with E-state index in [9.17, 15) is 9.59 Å². The molecular weight excluding hydrogens is 364 g/mol. The molecule has 0 aliphatic rings. The molecule has 140 valence electrons. The van der Waals surface area contributed by atoms with Gasteiger partial charge in [0.25, 0.3) is 5.24 Å². The summed E-state index contributed by atoms with van der Waals surface area (Å²) in [4.78, 5) is 21.4. The Hall–Kier alpha value is -2.93. The number of ether oxygens (including phenoxy) is 4. The molecule has 2 aromatic rings. The van der Waals surface area contributed by atoms with Gasteiger partial charge in [-0.25, -0.2) is 4.79 Å². The number of carboxylic acids is 1. The molecule has 1 N–H and O–H groups in total. The number of hydrogen-bond donors (Lipinski definition) is 1. The lowest BCUT2D eigenvalue weighted by molar-refractivity contribution is 0.0696. The number of hydrogen-bond acceptors (Lipinski definition) is 6. The first-order valence-electron chi connectivity index (χ1n) is 7.25. The van der Waals surface area contributed by atoms with Crippen LogP contribution in [-0.4, -0.2) is 44.8 Å². The van der Waals surface area contributed by atoms with Crippen LogP contribution in [0, 0.1) is 0 Å². The topological polar surface area (TPSA) is 91.3 Å². The van der Waals surface area contributed by atoms with Crippen LogP contribution in [0.2, 0.25) is 0 Å². The third-order valence-corrected chi connectivity index (χ3v) is 3.46. The number of carboxylic acid groups (broad SMARTS) is 1. The Kier molecular flexibility index (Phi) is 8.24. The molecular formula is C18H19ClO7. The zero-order chi connectivity index (χ0) is 19.7. The Labute approximate surface area is 156 Å². The second-order valence-electron chi connectivity index (χ2n) is 4.72. The van der Waals surface area contributed by atoms with E-state index in [1.807, 2.05) is 0 Å². The minimum Gasteiger partial charge on any atom is -0.493 e. The minimum absolute atomic E-state index is 0.178. The number of methoxy groups -OCH3 is 4. The lowest BCUT2D eigenvalue weighted by Gasteiger charge is -2.07. The van der Waals surface area contributed by atoms with E-state index in [4.69, 9.17) is 35.7 Å². The van der Waals surface area contributed by atoms with Gasteiger partial charge in [0, 0.05) is 5.56 Å². The second kappa shape index (κ2) is 10.1. The number of aromatic carboxylic acids is 1. The smallest absolute Gasteiger partial charge is 0.335 e.